The minimum Gasteiger partial charge on any atom is -0.439 e. The quantitative estimate of drug-likeness (QED) is 0.883. The van der Waals surface area contributed by atoms with Gasteiger partial charge in [-0.2, -0.15) is 0 Å². The Balaban J connectivity index is 2.20. The van der Waals surface area contributed by atoms with Gasteiger partial charge in [0, 0.05) is 10.6 Å². The highest BCUT2D eigenvalue weighted by molar-refractivity contribution is 6.30. The number of nitrogens with zero attached hydrogens (tertiary/aromatic N) is 1. The fourth-order valence-corrected chi connectivity index (χ4v) is 2.24. The Morgan fingerprint density at radius 3 is 2.84 bits per heavy atom. The molecular formula is C15H19ClN2O. The Hall–Kier alpha value is -1.32. The van der Waals surface area contributed by atoms with Crippen molar-refractivity contribution in [2.45, 2.75) is 33.2 Å². The van der Waals surface area contributed by atoms with Crippen molar-refractivity contribution in [1.82, 2.24) is 10.3 Å². The van der Waals surface area contributed by atoms with Crippen LogP contribution in [0.1, 0.15) is 37.8 Å². The van der Waals surface area contributed by atoms with Gasteiger partial charge in [-0.1, -0.05) is 18.5 Å². The van der Waals surface area contributed by atoms with Gasteiger partial charge in [0.25, 0.3) is 0 Å². The van der Waals surface area contributed by atoms with Crippen LogP contribution in [0.5, 0.6) is 0 Å². The molecule has 1 aromatic carbocycles. The molecular weight excluding hydrogens is 260 g/mol. The van der Waals surface area contributed by atoms with Crippen molar-refractivity contribution in [3.05, 3.63) is 40.9 Å². The summed E-state index contributed by atoms with van der Waals surface area (Å²) in [5.41, 5.74) is 2.07. The Labute approximate surface area is 119 Å². The summed E-state index contributed by atoms with van der Waals surface area (Å²) in [6.45, 7) is 7.15. The van der Waals surface area contributed by atoms with Gasteiger partial charge in [0.05, 0.1) is 12.2 Å². The standard InChI is InChI=1S/C15H19ClN2O/c1-4-5-17-11(3)15-18-9-14(19-15)12-6-10(2)7-13(16)8-12/h6-9,11,17H,4-5H2,1-3H3. The topological polar surface area (TPSA) is 38.1 Å². The Morgan fingerprint density at radius 1 is 1.37 bits per heavy atom. The molecule has 0 spiro atoms. The number of aromatic nitrogens is 1. The number of benzene rings is 1. The smallest absolute Gasteiger partial charge is 0.211 e. The molecule has 0 saturated carbocycles. The molecule has 2 rings (SSSR count). The summed E-state index contributed by atoms with van der Waals surface area (Å²) in [4.78, 5) is 4.33. The van der Waals surface area contributed by atoms with Gasteiger partial charge in [-0.3, -0.25) is 0 Å². The first kappa shape index (κ1) is 14.1. The highest BCUT2D eigenvalue weighted by Gasteiger charge is 2.13. The maximum absolute atomic E-state index is 6.06. The molecule has 0 aliphatic carbocycles. The van der Waals surface area contributed by atoms with Crippen LogP contribution < -0.4 is 5.32 Å². The minimum atomic E-state index is 0.119. The molecule has 0 bridgehead atoms. The SMILES string of the molecule is CCCNC(C)c1ncc(-c2cc(C)cc(Cl)c2)o1. The summed E-state index contributed by atoms with van der Waals surface area (Å²) in [7, 11) is 0. The average Bonchev–Trinajstić information content (AvgIpc) is 2.84. The third-order valence-electron chi connectivity index (χ3n) is 2.92. The van der Waals surface area contributed by atoms with Crippen molar-refractivity contribution in [2.24, 2.45) is 0 Å². The van der Waals surface area contributed by atoms with E-state index in [9.17, 15) is 0 Å². The molecule has 1 atom stereocenters. The number of rotatable bonds is 5. The van der Waals surface area contributed by atoms with Crippen LogP contribution in [0.15, 0.2) is 28.8 Å². The fraction of sp³-hybridized carbons (Fsp3) is 0.400. The van der Waals surface area contributed by atoms with Gasteiger partial charge in [0.15, 0.2) is 5.76 Å². The van der Waals surface area contributed by atoms with Crippen LogP contribution in [-0.4, -0.2) is 11.5 Å². The lowest BCUT2D eigenvalue weighted by Gasteiger charge is -2.08. The molecule has 0 radical (unpaired) electrons. The van der Waals surface area contributed by atoms with Gasteiger partial charge >= 0.3 is 0 Å². The first-order valence-corrected chi connectivity index (χ1v) is 6.94. The normalized spacial score (nSPS) is 12.6. The van der Waals surface area contributed by atoms with Crippen molar-refractivity contribution in [3.63, 3.8) is 0 Å². The number of hydrogen-bond donors (Lipinski definition) is 1. The van der Waals surface area contributed by atoms with Crippen molar-refractivity contribution in [2.75, 3.05) is 6.54 Å². The van der Waals surface area contributed by atoms with E-state index in [-0.39, 0.29) is 6.04 Å². The summed E-state index contributed by atoms with van der Waals surface area (Å²) in [6, 6.07) is 5.98. The Bertz CT molecular complexity index is 531. The molecule has 0 saturated heterocycles. The van der Waals surface area contributed by atoms with Crippen molar-refractivity contribution >= 4 is 11.6 Å². The second kappa shape index (κ2) is 6.22. The minimum absolute atomic E-state index is 0.119. The second-order valence-electron chi connectivity index (χ2n) is 4.76. The molecule has 1 N–H and O–H groups in total. The van der Waals surface area contributed by atoms with Gasteiger partial charge < -0.3 is 9.73 Å². The van der Waals surface area contributed by atoms with Crippen LogP contribution in [0.3, 0.4) is 0 Å². The predicted molar refractivity (Wildman–Crippen MR) is 78.4 cm³/mol. The molecule has 1 aromatic heterocycles. The van der Waals surface area contributed by atoms with Crippen LogP contribution >= 0.6 is 11.6 Å². The lowest BCUT2D eigenvalue weighted by molar-refractivity contribution is 0.423. The summed E-state index contributed by atoms with van der Waals surface area (Å²) in [5.74, 6) is 1.46. The third kappa shape index (κ3) is 3.58. The first-order valence-electron chi connectivity index (χ1n) is 6.57. The van der Waals surface area contributed by atoms with Crippen LogP contribution in [0.2, 0.25) is 5.02 Å². The number of oxazole rings is 1. The van der Waals surface area contributed by atoms with E-state index in [2.05, 4.69) is 24.1 Å². The highest BCUT2D eigenvalue weighted by Crippen LogP contribution is 2.26. The average molecular weight is 279 g/mol. The molecule has 4 heteroatoms. The first-order chi connectivity index (χ1) is 9.10. The molecule has 0 aliphatic rings. The molecule has 1 unspecified atom stereocenters. The monoisotopic (exact) mass is 278 g/mol. The molecule has 3 nitrogen and oxygen atoms in total. The number of halogens is 1. The summed E-state index contributed by atoms with van der Waals surface area (Å²) in [5, 5.41) is 4.07. The van der Waals surface area contributed by atoms with Crippen LogP contribution in [0.4, 0.5) is 0 Å². The van der Waals surface area contributed by atoms with E-state index >= 15 is 0 Å². The van der Waals surface area contributed by atoms with E-state index in [4.69, 9.17) is 16.0 Å². The van der Waals surface area contributed by atoms with Crippen LogP contribution in [0, 0.1) is 6.92 Å². The molecule has 102 valence electrons. The van der Waals surface area contributed by atoms with E-state index in [1.54, 1.807) is 6.20 Å². The maximum atomic E-state index is 6.06. The second-order valence-corrected chi connectivity index (χ2v) is 5.19. The van der Waals surface area contributed by atoms with E-state index in [0.29, 0.717) is 10.9 Å². The fourth-order valence-electron chi connectivity index (χ4n) is 1.95. The van der Waals surface area contributed by atoms with Gasteiger partial charge in [-0.25, -0.2) is 4.98 Å². The zero-order valence-electron chi connectivity index (χ0n) is 11.5. The molecule has 0 amide bonds. The van der Waals surface area contributed by atoms with Crippen LogP contribution in [0.25, 0.3) is 11.3 Å². The van der Waals surface area contributed by atoms with Crippen LogP contribution in [-0.2, 0) is 0 Å². The van der Waals surface area contributed by atoms with Gasteiger partial charge in [0.1, 0.15) is 0 Å². The molecule has 0 fully saturated rings. The zero-order valence-corrected chi connectivity index (χ0v) is 12.3. The largest absolute Gasteiger partial charge is 0.439 e. The van der Waals surface area contributed by atoms with Crippen molar-refractivity contribution in [1.29, 1.82) is 0 Å². The van der Waals surface area contributed by atoms with Crippen molar-refractivity contribution in [3.8, 4) is 11.3 Å². The summed E-state index contributed by atoms with van der Waals surface area (Å²) < 4.78 is 5.81. The Morgan fingerprint density at radius 2 is 2.16 bits per heavy atom. The number of aryl methyl sites for hydroxylation is 1. The van der Waals surface area contributed by atoms with E-state index in [0.717, 1.165) is 29.9 Å². The number of nitrogens with one attached hydrogen (secondary N) is 1. The van der Waals surface area contributed by atoms with E-state index in [1.807, 2.05) is 25.1 Å². The van der Waals surface area contributed by atoms with E-state index < -0.39 is 0 Å². The van der Waals surface area contributed by atoms with Gasteiger partial charge in [0.2, 0.25) is 5.89 Å². The molecule has 19 heavy (non-hydrogen) atoms. The molecule has 1 heterocycles. The van der Waals surface area contributed by atoms with Crippen molar-refractivity contribution < 1.29 is 4.42 Å². The van der Waals surface area contributed by atoms with Gasteiger partial charge in [-0.05, 0) is 50.6 Å². The number of hydrogen-bond acceptors (Lipinski definition) is 3. The highest BCUT2D eigenvalue weighted by atomic mass is 35.5. The Kier molecular flexibility index (Phi) is 4.61. The molecule has 0 aliphatic heterocycles. The lowest BCUT2D eigenvalue weighted by atomic mass is 10.1. The lowest BCUT2D eigenvalue weighted by Crippen LogP contribution is -2.19. The van der Waals surface area contributed by atoms with E-state index in [1.165, 1.54) is 0 Å². The summed E-state index contributed by atoms with van der Waals surface area (Å²) in [6.07, 6.45) is 2.84. The maximum Gasteiger partial charge on any atom is 0.211 e. The van der Waals surface area contributed by atoms with Gasteiger partial charge in [-0.15, -0.1) is 0 Å². The molecule has 2 aromatic rings. The zero-order chi connectivity index (χ0) is 13.8. The third-order valence-corrected chi connectivity index (χ3v) is 3.14. The predicted octanol–water partition coefficient (Wildman–Crippen LogP) is 4.36. The summed E-state index contributed by atoms with van der Waals surface area (Å²) >= 11 is 6.06.